The Hall–Kier alpha value is -2.75. The molecule has 0 saturated heterocycles. The molecular formula is C23H19ClN2O3S. The molecule has 0 N–H and O–H groups in total. The van der Waals surface area contributed by atoms with Crippen molar-refractivity contribution in [1.29, 1.82) is 5.26 Å². The zero-order chi connectivity index (χ0) is 21.3. The quantitative estimate of drug-likeness (QED) is 0.377. The maximum atomic E-state index is 12.9. The molecule has 2 aromatic carbocycles. The molecule has 7 heteroatoms. The topological polar surface area (TPSA) is 70.4 Å². The largest absolute Gasteiger partial charge is 0.457 e. The van der Waals surface area contributed by atoms with Crippen LogP contribution >= 0.6 is 23.4 Å². The van der Waals surface area contributed by atoms with Crippen LogP contribution in [-0.2, 0) is 19.7 Å². The number of hydrogen-bond donors (Lipinski definition) is 0. The number of fused-ring (bicyclic) bond motifs is 1. The van der Waals surface area contributed by atoms with Gasteiger partial charge >= 0.3 is 5.97 Å². The van der Waals surface area contributed by atoms with Gasteiger partial charge in [-0.25, -0.2) is 0 Å². The predicted molar refractivity (Wildman–Crippen MR) is 116 cm³/mol. The Labute approximate surface area is 184 Å². The van der Waals surface area contributed by atoms with Crippen molar-refractivity contribution in [3.63, 3.8) is 0 Å². The normalized spacial score (nSPS) is 18.1. The van der Waals surface area contributed by atoms with Gasteiger partial charge in [0.15, 0.2) is 6.61 Å². The fraction of sp³-hybridized carbons (Fsp3) is 0.261. The lowest BCUT2D eigenvalue weighted by Crippen LogP contribution is -2.44. The van der Waals surface area contributed by atoms with E-state index in [9.17, 15) is 14.9 Å². The smallest absolute Gasteiger partial charge is 0.317 e. The number of carbonyl (C=O) groups is 2. The van der Waals surface area contributed by atoms with E-state index in [1.807, 2.05) is 54.4 Å². The molecule has 1 aliphatic heterocycles. The molecule has 1 heterocycles. The van der Waals surface area contributed by atoms with Crippen LogP contribution in [0.3, 0.4) is 0 Å². The van der Waals surface area contributed by atoms with Crippen LogP contribution < -0.4 is 4.90 Å². The number of rotatable bonds is 5. The van der Waals surface area contributed by atoms with Gasteiger partial charge in [0, 0.05) is 17.0 Å². The van der Waals surface area contributed by atoms with Crippen molar-refractivity contribution in [2.45, 2.75) is 29.6 Å². The van der Waals surface area contributed by atoms with E-state index in [2.05, 4.69) is 0 Å². The molecule has 4 rings (SSSR count). The molecule has 0 radical (unpaired) electrons. The van der Waals surface area contributed by atoms with Crippen LogP contribution in [0.25, 0.3) is 0 Å². The van der Waals surface area contributed by atoms with Crippen molar-refractivity contribution in [3.8, 4) is 6.07 Å². The summed E-state index contributed by atoms with van der Waals surface area (Å²) in [6, 6.07) is 16.8. The molecule has 1 aliphatic carbocycles. The molecule has 0 unspecified atom stereocenters. The number of esters is 1. The third-order valence-electron chi connectivity index (χ3n) is 5.67. The van der Waals surface area contributed by atoms with Gasteiger partial charge in [0.25, 0.3) is 0 Å². The van der Waals surface area contributed by atoms with E-state index >= 15 is 0 Å². The monoisotopic (exact) mass is 438 g/mol. The van der Waals surface area contributed by atoms with Gasteiger partial charge < -0.3 is 9.64 Å². The second kappa shape index (κ2) is 8.17. The number of ether oxygens (including phenoxy) is 1. The van der Waals surface area contributed by atoms with Crippen LogP contribution in [0.1, 0.15) is 24.8 Å². The van der Waals surface area contributed by atoms with E-state index in [0.29, 0.717) is 22.9 Å². The van der Waals surface area contributed by atoms with Crippen LogP contribution in [0.15, 0.2) is 64.0 Å². The van der Waals surface area contributed by atoms with Gasteiger partial charge in [0.1, 0.15) is 16.7 Å². The van der Waals surface area contributed by atoms with Crippen LogP contribution in [0.5, 0.6) is 0 Å². The summed E-state index contributed by atoms with van der Waals surface area (Å²) in [5.74, 6) is -0.930. The van der Waals surface area contributed by atoms with Gasteiger partial charge in [-0.05, 0) is 42.7 Å². The van der Waals surface area contributed by atoms with E-state index in [4.69, 9.17) is 16.3 Å². The number of anilines is 1. The van der Waals surface area contributed by atoms with Crippen LogP contribution in [0, 0.1) is 11.3 Å². The van der Waals surface area contributed by atoms with Crippen molar-refractivity contribution in [1.82, 2.24) is 0 Å². The summed E-state index contributed by atoms with van der Waals surface area (Å²) in [5, 5.41) is 10.8. The molecule has 1 saturated carbocycles. The molecule has 1 fully saturated rings. The lowest BCUT2D eigenvalue weighted by atomic mass is 9.64. The minimum Gasteiger partial charge on any atom is -0.457 e. The highest BCUT2D eigenvalue weighted by Gasteiger charge is 2.47. The number of benzene rings is 2. The first-order valence-electron chi connectivity index (χ1n) is 9.58. The minimum atomic E-state index is -0.736. The van der Waals surface area contributed by atoms with Gasteiger partial charge in [-0.3, -0.25) is 9.59 Å². The highest BCUT2D eigenvalue weighted by Crippen LogP contribution is 2.47. The van der Waals surface area contributed by atoms with Crippen LogP contribution in [0.2, 0.25) is 5.02 Å². The number of para-hydroxylation sites is 1. The Morgan fingerprint density at radius 1 is 1.20 bits per heavy atom. The van der Waals surface area contributed by atoms with Crippen molar-refractivity contribution < 1.29 is 14.3 Å². The summed E-state index contributed by atoms with van der Waals surface area (Å²) >= 11 is 7.33. The van der Waals surface area contributed by atoms with Crippen molar-refractivity contribution in [3.05, 3.63) is 69.7 Å². The first-order valence-corrected chi connectivity index (χ1v) is 10.8. The Morgan fingerprint density at radius 2 is 1.90 bits per heavy atom. The van der Waals surface area contributed by atoms with E-state index in [1.165, 1.54) is 11.8 Å². The number of hydrogen-bond acceptors (Lipinski definition) is 6. The molecule has 2 aromatic rings. The fourth-order valence-corrected chi connectivity index (χ4v) is 5.09. The first kappa shape index (κ1) is 20.5. The Bertz CT molecular complexity index is 1080. The van der Waals surface area contributed by atoms with Crippen LogP contribution in [-0.4, -0.2) is 25.4 Å². The lowest BCUT2D eigenvalue weighted by Gasteiger charge is -2.39. The van der Waals surface area contributed by atoms with Crippen LogP contribution in [0.4, 0.5) is 5.69 Å². The van der Waals surface area contributed by atoms with Gasteiger partial charge in [-0.2, -0.15) is 5.26 Å². The van der Waals surface area contributed by atoms with E-state index in [1.54, 1.807) is 12.1 Å². The minimum absolute atomic E-state index is 0.000604. The molecular weight excluding hydrogens is 420 g/mol. The van der Waals surface area contributed by atoms with Gasteiger partial charge in [-0.1, -0.05) is 54.0 Å². The summed E-state index contributed by atoms with van der Waals surface area (Å²) in [7, 11) is 1.81. The zero-order valence-electron chi connectivity index (χ0n) is 16.4. The van der Waals surface area contributed by atoms with Crippen molar-refractivity contribution >= 4 is 40.8 Å². The molecule has 30 heavy (non-hydrogen) atoms. The number of Topliss-reactive ketones (excluding diaryl/α,β-unsaturated/α-hetero) is 1. The SMILES string of the molecule is CN1C(=C(C#N)C(=O)COC(=O)C2(c3ccc(Cl)cc3)CCC2)Sc2ccccc21. The third-order valence-corrected chi connectivity index (χ3v) is 7.16. The van der Waals surface area contributed by atoms with Crippen molar-refractivity contribution in [2.24, 2.45) is 0 Å². The second-order valence-electron chi connectivity index (χ2n) is 7.36. The second-order valence-corrected chi connectivity index (χ2v) is 8.83. The summed E-state index contributed by atoms with van der Waals surface area (Å²) in [5.41, 5.74) is 1.04. The number of carbonyl (C=O) groups excluding carboxylic acids is 2. The number of halogens is 1. The lowest BCUT2D eigenvalue weighted by molar-refractivity contribution is -0.156. The fourth-order valence-electron chi connectivity index (χ4n) is 3.80. The van der Waals surface area contributed by atoms with E-state index in [0.717, 1.165) is 22.6 Å². The molecule has 0 spiro atoms. The first-order chi connectivity index (χ1) is 14.5. The summed E-state index contributed by atoms with van der Waals surface area (Å²) in [6.45, 7) is -0.453. The molecule has 5 nitrogen and oxygen atoms in total. The molecule has 2 aliphatic rings. The molecule has 0 bridgehead atoms. The average molecular weight is 439 g/mol. The average Bonchev–Trinajstić information content (AvgIpc) is 3.04. The third kappa shape index (κ3) is 3.49. The summed E-state index contributed by atoms with van der Waals surface area (Å²) in [4.78, 5) is 28.4. The Kier molecular flexibility index (Phi) is 5.59. The number of nitrogens with zero attached hydrogens (tertiary/aromatic N) is 2. The van der Waals surface area contributed by atoms with Gasteiger partial charge in [-0.15, -0.1) is 0 Å². The number of ketones is 1. The maximum absolute atomic E-state index is 12.9. The Morgan fingerprint density at radius 3 is 2.50 bits per heavy atom. The zero-order valence-corrected chi connectivity index (χ0v) is 17.9. The number of nitriles is 1. The van der Waals surface area contributed by atoms with Gasteiger partial charge in [0.2, 0.25) is 5.78 Å². The molecule has 152 valence electrons. The standard InChI is InChI=1S/C23H19ClN2O3S/c1-26-18-5-2-3-6-20(18)30-21(26)17(13-25)19(27)14-29-22(28)23(11-4-12-23)15-7-9-16(24)10-8-15/h2-3,5-10H,4,11-12,14H2,1H3. The van der Waals surface area contributed by atoms with E-state index < -0.39 is 23.8 Å². The summed E-state index contributed by atoms with van der Waals surface area (Å²) < 4.78 is 5.42. The maximum Gasteiger partial charge on any atom is 0.317 e. The van der Waals surface area contributed by atoms with E-state index in [-0.39, 0.29) is 5.57 Å². The highest BCUT2D eigenvalue weighted by molar-refractivity contribution is 8.03. The molecule has 0 amide bonds. The predicted octanol–water partition coefficient (Wildman–Crippen LogP) is 4.85. The van der Waals surface area contributed by atoms with Crippen molar-refractivity contribution in [2.75, 3.05) is 18.6 Å². The molecule has 0 aromatic heterocycles. The Balaban J connectivity index is 1.49. The number of thioether (sulfide) groups is 1. The molecule has 0 atom stereocenters. The highest BCUT2D eigenvalue weighted by atomic mass is 35.5. The summed E-state index contributed by atoms with van der Waals surface area (Å²) in [6.07, 6.45) is 2.25. The van der Waals surface area contributed by atoms with Gasteiger partial charge in [0.05, 0.1) is 11.1 Å².